The topological polar surface area (TPSA) is 89.4 Å². The Balaban J connectivity index is 1.22. The van der Waals surface area contributed by atoms with Crippen LogP contribution in [0.4, 0.5) is 0 Å². The van der Waals surface area contributed by atoms with E-state index in [-0.39, 0.29) is 24.9 Å². The SMILES string of the molecule is O=C(O)CCON=C(Cc1ccc2ccccc2c1)C1CNCCC1c1ccc(OCCCOCc2ccccc2)cc1. The largest absolute Gasteiger partial charge is 0.494 e. The van der Waals surface area contributed by atoms with E-state index in [2.05, 4.69) is 65.1 Å². The highest BCUT2D eigenvalue weighted by molar-refractivity contribution is 5.91. The van der Waals surface area contributed by atoms with Gasteiger partial charge in [-0.15, -0.1) is 0 Å². The van der Waals surface area contributed by atoms with Gasteiger partial charge < -0.3 is 24.7 Å². The molecule has 1 saturated heterocycles. The fourth-order valence-corrected chi connectivity index (χ4v) is 5.58. The molecule has 2 atom stereocenters. The number of nitrogens with zero attached hydrogens (tertiary/aromatic N) is 1. The fraction of sp³-hybridized carbons (Fsp3) is 0.333. The molecule has 43 heavy (non-hydrogen) atoms. The van der Waals surface area contributed by atoms with Gasteiger partial charge in [0.25, 0.3) is 0 Å². The molecule has 0 spiro atoms. The lowest BCUT2D eigenvalue weighted by Gasteiger charge is -2.33. The van der Waals surface area contributed by atoms with Crippen LogP contribution in [0, 0.1) is 5.92 Å². The highest BCUT2D eigenvalue weighted by Crippen LogP contribution is 2.33. The number of nitrogens with one attached hydrogen (secondary N) is 1. The predicted molar refractivity (Wildman–Crippen MR) is 170 cm³/mol. The monoisotopic (exact) mass is 580 g/mol. The Bertz CT molecular complexity index is 1470. The zero-order valence-corrected chi connectivity index (χ0v) is 24.5. The van der Waals surface area contributed by atoms with Crippen LogP contribution in [-0.2, 0) is 27.4 Å². The molecule has 1 aliphatic heterocycles. The Morgan fingerprint density at radius 2 is 1.65 bits per heavy atom. The van der Waals surface area contributed by atoms with Gasteiger partial charge in [0.2, 0.25) is 0 Å². The first-order chi connectivity index (χ1) is 21.2. The Morgan fingerprint density at radius 3 is 2.47 bits per heavy atom. The summed E-state index contributed by atoms with van der Waals surface area (Å²) in [5.41, 5.74) is 4.49. The number of piperidine rings is 1. The molecule has 0 aliphatic carbocycles. The predicted octanol–water partition coefficient (Wildman–Crippen LogP) is 6.61. The van der Waals surface area contributed by atoms with Crippen LogP contribution in [0.2, 0.25) is 0 Å². The molecule has 7 nitrogen and oxygen atoms in total. The van der Waals surface area contributed by atoms with E-state index in [0.29, 0.717) is 26.2 Å². The fourth-order valence-electron chi connectivity index (χ4n) is 5.58. The molecule has 1 fully saturated rings. The number of fused-ring (bicyclic) bond motifs is 1. The summed E-state index contributed by atoms with van der Waals surface area (Å²) in [6, 6.07) is 33.4. The molecule has 1 aliphatic rings. The molecule has 4 aromatic carbocycles. The number of carboxylic acid groups (broad SMARTS) is 1. The Labute approximate surface area is 253 Å². The highest BCUT2D eigenvalue weighted by Gasteiger charge is 2.31. The second-order valence-electron chi connectivity index (χ2n) is 10.9. The number of ether oxygens (including phenoxy) is 2. The summed E-state index contributed by atoms with van der Waals surface area (Å²) in [6.45, 7) is 3.61. The van der Waals surface area contributed by atoms with Gasteiger partial charge in [-0.25, -0.2) is 0 Å². The van der Waals surface area contributed by atoms with Crippen LogP contribution < -0.4 is 10.1 Å². The number of hydrogen-bond donors (Lipinski definition) is 2. The van der Waals surface area contributed by atoms with Gasteiger partial charge in [0.05, 0.1) is 32.0 Å². The molecule has 0 radical (unpaired) electrons. The van der Waals surface area contributed by atoms with E-state index < -0.39 is 5.97 Å². The summed E-state index contributed by atoms with van der Waals surface area (Å²) < 4.78 is 11.8. The highest BCUT2D eigenvalue weighted by atomic mass is 16.6. The Kier molecular flexibility index (Phi) is 11.2. The first-order valence-corrected chi connectivity index (χ1v) is 15.1. The van der Waals surface area contributed by atoms with Crippen molar-refractivity contribution in [3.63, 3.8) is 0 Å². The lowest BCUT2D eigenvalue weighted by molar-refractivity contribution is -0.138. The Hall–Kier alpha value is -4.20. The molecule has 1 heterocycles. The van der Waals surface area contributed by atoms with Crippen LogP contribution in [0.25, 0.3) is 10.8 Å². The van der Waals surface area contributed by atoms with Crippen molar-refractivity contribution in [3.8, 4) is 5.75 Å². The number of carboxylic acids is 1. The van der Waals surface area contributed by atoms with E-state index in [9.17, 15) is 4.79 Å². The standard InChI is InChI=1S/C36H40N2O5/c39-36(40)18-22-43-38-35(24-28-11-12-29-9-4-5-10-31(29)23-28)34-25-37-19-17-33(34)30-13-15-32(16-14-30)42-21-6-20-41-26-27-7-2-1-3-8-27/h1-5,7-16,23,33-34,37H,6,17-22,24-26H2,(H,39,40). The molecule has 4 aromatic rings. The third-order valence-electron chi connectivity index (χ3n) is 7.82. The number of benzene rings is 4. The molecule has 0 aromatic heterocycles. The number of hydrogen-bond acceptors (Lipinski definition) is 6. The molecule has 0 amide bonds. The van der Waals surface area contributed by atoms with Gasteiger partial charge in [0.15, 0.2) is 0 Å². The molecular weight excluding hydrogens is 540 g/mol. The molecule has 0 saturated carbocycles. The summed E-state index contributed by atoms with van der Waals surface area (Å²) in [5, 5.41) is 19.5. The maximum Gasteiger partial charge on any atom is 0.306 e. The molecular formula is C36H40N2O5. The van der Waals surface area contributed by atoms with Gasteiger partial charge in [-0.05, 0) is 58.5 Å². The van der Waals surface area contributed by atoms with E-state index in [1.54, 1.807) is 0 Å². The molecule has 0 bridgehead atoms. The van der Waals surface area contributed by atoms with Crippen molar-refractivity contribution in [1.29, 1.82) is 0 Å². The van der Waals surface area contributed by atoms with Gasteiger partial charge in [-0.1, -0.05) is 90.1 Å². The molecule has 7 heteroatoms. The minimum Gasteiger partial charge on any atom is -0.494 e. The normalized spacial score (nSPS) is 17.1. The van der Waals surface area contributed by atoms with E-state index >= 15 is 0 Å². The first-order valence-electron chi connectivity index (χ1n) is 15.1. The second kappa shape index (κ2) is 15.9. The number of carbonyl (C=O) groups is 1. The average molecular weight is 581 g/mol. The van der Waals surface area contributed by atoms with Crippen molar-refractivity contribution in [3.05, 3.63) is 114 Å². The van der Waals surface area contributed by atoms with Crippen molar-refractivity contribution >= 4 is 22.5 Å². The number of rotatable bonds is 15. The van der Waals surface area contributed by atoms with E-state index in [4.69, 9.17) is 19.4 Å². The molecule has 2 unspecified atom stereocenters. The molecule has 2 N–H and O–H groups in total. The van der Waals surface area contributed by atoms with Crippen LogP contribution in [0.1, 0.15) is 41.9 Å². The summed E-state index contributed by atoms with van der Waals surface area (Å²) in [5.74, 6) is 0.312. The summed E-state index contributed by atoms with van der Waals surface area (Å²) in [7, 11) is 0. The Morgan fingerprint density at radius 1 is 0.860 bits per heavy atom. The van der Waals surface area contributed by atoms with Crippen LogP contribution in [0.5, 0.6) is 5.75 Å². The lowest BCUT2D eigenvalue weighted by atomic mass is 9.77. The van der Waals surface area contributed by atoms with Gasteiger partial charge in [0, 0.05) is 25.3 Å². The smallest absolute Gasteiger partial charge is 0.306 e. The maximum absolute atomic E-state index is 11.0. The van der Waals surface area contributed by atoms with Crippen molar-refractivity contribution in [2.75, 3.05) is 32.9 Å². The van der Waals surface area contributed by atoms with Crippen LogP contribution in [-0.4, -0.2) is 49.7 Å². The van der Waals surface area contributed by atoms with Gasteiger partial charge >= 0.3 is 5.97 Å². The minimum atomic E-state index is -0.898. The summed E-state index contributed by atoms with van der Waals surface area (Å²) in [6.07, 6.45) is 2.34. The van der Waals surface area contributed by atoms with Crippen molar-refractivity contribution in [1.82, 2.24) is 5.32 Å². The lowest BCUT2D eigenvalue weighted by Crippen LogP contribution is -2.40. The van der Waals surface area contributed by atoms with Crippen LogP contribution in [0.15, 0.2) is 102 Å². The molecule has 5 rings (SSSR count). The van der Waals surface area contributed by atoms with Gasteiger partial charge in [-0.3, -0.25) is 4.79 Å². The van der Waals surface area contributed by atoms with E-state index in [1.807, 2.05) is 42.5 Å². The second-order valence-corrected chi connectivity index (χ2v) is 10.9. The van der Waals surface area contributed by atoms with Crippen LogP contribution >= 0.6 is 0 Å². The zero-order valence-electron chi connectivity index (χ0n) is 24.5. The van der Waals surface area contributed by atoms with Crippen molar-refractivity contribution in [2.45, 2.75) is 38.2 Å². The minimum absolute atomic E-state index is 0.0463. The third-order valence-corrected chi connectivity index (χ3v) is 7.82. The van der Waals surface area contributed by atoms with Gasteiger partial charge in [0.1, 0.15) is 12.4 Å². The first kappa shape index (κ1) is 30.3. The van der Waals surface area contributed by atoms with Gasteiger partial charge in [-0.2, -0.15) is 0 Å². The third kappa shape index (κ3) is 9.14. The number of oxime groups is 1. The maximum atomic E-state index is 11.0. The summed E-state index contributed by atoms with van der Waals surface area (Å²) >= 11 is 0. The average Bonchev–Trinajstić information content (AvgIpc) is 3.05. The van der Waals surface area contributed by atoms with Crippen molar-refractivity contribution < 1.29 is 24.2 Å². The van der Waals surface area contributed by atoms with E-state index in [0.717, 1.165) is 43.0 Å². The zero-order chi connectivity index (χ0) is 29.7. The van der Waals surface area contributed by atoms with Crippen LogP contribution in [0.3, 0.4) is 0 Å². The summed E-state index contributed by atoms with van der Waals surface area (Å²) in [4.78, 5) is 16.6. The molecule has 224 valence electrons. The van der Waals surface area contributed by atoms with Crippen molar-refractivity contribution in [2.24, 2.45) is 11.1 Å². The van der Waals surface area contributed by atoms with E-state index in [1.165, 1.54) is 21.9 Å². The number of aliphatic carboxylic acids is 1. The quantitative estimate of drug-likeness (QED) is 0.0935.